The standard InChI is InChI=1S/C24H24N4O5/c1-15-13-18(28(31)32)14-25-21(15)16-9-11-17(12-10-16)22(29)26-19-7-5-6-8-20(19)27-23(30)33-24(2,3)4/h5-14H,1-4H3,(H,26,29)(H,27,30). The number of nitro groups is 1. The summed E-state index contributed by atoms with van der Waals surface area (Å²) >= 11 is 0. The van der Waals surface area contributed by atoms with Crippen LogP contribution in [-0.4, -0.2) is 27.5 Å². The summed E-state index contributed by atoms with van der Waals surface area (Å²) in [5.74, 6) is -0.367. The number of rotatable bonds is 5. The third kappa shape index (κ3) is 6.13. The summed E-state index contributed by atoms with van der Waals surface area (Å²) in [6, 6.07) is 15.0. The van der Waals surface area contributed by atoms with Crippen LogP contribution in [-0.2, 0) is 4.74 Å². The Morgan fingerprint density at radius 3 is 2.15 bits per heavy atom. The molecule has 0 aliphatic carbocycles. The van der Waals surface area contributed by atoms with Crippen molar-refractivity contribution in [2.75, 3.05) is 10.6 Å². The van der Waals surface area contributed by atoms with Gasteiger partial charge in [0.25, 0.3) is 11.6 Å². The Morgan fingerprint density at radius 1 is 1.00 bits per heavy atom. The van der Waals surface area contributed by atoms with Gasteiger partial charge in [-0.1, -0.05) is 24.3 Å². The molecule has 3 aromatic rings. The molecule has 2 amide bonds. The minimum Gasteiger partial charge on any atom is -0.444 e. The van der Waals surface area contributed by atoms with Gasteiger partial charge in [0.15, 0.2) is 0 Å². The number of para-hydroxylation sites is 2. The molecule has 1 heterocycles. The normalized spacial score (nSPS) is 10.9. The minimum absolute atomic E-state index is 0.0779. The Bertz CT molecular complexity index is 1200. The van der Waals surface area contributed by atoms with Crippen LogP contribution >= 0.6 is 0 Å². The summed E-state index contributed by atoms with van der Waals surface area (Å²) in [7, 11) is 0. The summed E-state index contributed by atoms with van der Waals surface area (Å²) in [4.78, 5) is 39.5. The first-order valence-electron chi connectivity index (χ1n) is 10.2. The van der Waals surface area contributed by atoms with E-state index in [9.17, 15) is 19.7 Å². The van der Waals surface area contributed by atoms with Crippen molar-refractivity contribution in [2.45, 2.75) is 33.3 Å². The lowest BCUT2D eigenvalue weighted by molar-refractivity contribution is -0.385. The number of aryl methyl sites for hydroxylation is 1. The first-order valence-corrected chi connectivity index (χ1v) is 10.2. The zero-order chi connectivity index (χ0) is 24.2. The van der Waals surface area contributed by atoms with Crippen molar-refractivity contribution in [3.63, 3.8) is 0 Å². The lowest BCUT2D eigenvalue weighted by Crippen LogP contribution is -2.27. The Labute approximate surface area is 191 Å². The summed E-state index contributed by atoms with van der Waals surface area (Å²) < 4.78 is 5.27. The third-order valence-electron chi connectivity index (χ3n) is 4.51. The van der Waals surface area contributed by atoms with E-state index in [1.807, 2.05) is 0 Å². The van der Waals surface area contributed by atoms with Crippen LogP contribution in [0, 0.1) is 17.0 Å². The van der Waals surface area contributed by atoms with E-state index in [-0.39, 0.29) is 11.6 Å². The molecule has 0 radical (unpaired) electrons. The smallest absolute Gasteiger partial charge is 0.412 e. The van der Waals surface area contributed by atoms with Gasteiger partial charge in [0.2, 0.25) is 0 Å². The topological polar surface area (TPSA) is 123 Å². The van der Waals surface area contributed by atoms with Crippen LogP contribution < -0.4 is 10.6 Å². The van der Waals surface area contributed by atoms with Crippen LogP contribution in [0.4, 0.5) is 21.9 Å². The Hall–Kier alpha value is -4.27. The molecule has 3 rings (SSSR count). The molecule has 0 aliphatic rings. The van der Waals surface area contributed by atoms with Gasteiger partial charge >= 0.3 is 6.09 Å². The molecule has 0 bridgehead atoms. The summed E-state index contributed by atoms with van der Waals surface area (Å²) in [5, 5.41) is 16.3. The van der Waals surface area contributed by atoms with Crippen molar-refractivity contribution in [3.05, 3.63) is 82.0 Å². The van der Waals surface area contributed by atoms with E-state index < -0.39 is 16.6 Å². The number of nitrogens with zero attached hydrogens (tertiary/aromatic N) is 2. The fourth-order valence-electron chi connectivity index (χ4n) is 3.05. The van der Waals surface area contributed by atoms with Gasteiger partial charge in [0.05, 0.1) is 22.0 Å². The molecule has 2 N–H and O–H groups in total. The fraction of sp³-hybridized carbons (Fsp3) is 0.208. The summed E-state index contributed by atoms with van der Waals surface area (Å²) in [5.41, 5.74) is 2.47. The van der Waals surface area contributed by atoms with Gasteiger partial charge in [0, 0.05) is 17.2 Å². The average molecular weight is 448 g/mol. The van der Waals surface area contributed by atoms with E-state index in [0.717, 1.165) is 5.56 Å². The van der Waals surface area contributed by atoms with Crippen LogP contribution in [0.25, 0.3) is 11.3 Å². The minimum atomic E-state index is -0.652. The van der Waals surface area contributed by atoms with E-state index in [4.69, 9.17) is 4.74 Å². The van der Waals surface area contributed by atoms with E-state index in [1.54, 1.807) is 76.2 Å². The second-order valence-corrected chi connectivity index (χ2v) is 8.32. The molecule has 0 aliphatic heterocycles. The lowest BCUT2D eigenvalue weighted by Gasteiger charge is -2.20. The number of pyridine rings is 1. The first-order chi connectivity index (χ1) is 15.5. The molecular weight excluding hydrogens is 424 g/mol. The number of aromatic nitrogens is 1. The number of carbonyl (C=O) groups excluding carboxylic acids is 2. The molecule has 0 fully saturated rings. The van der Waals surface area contributed by atoms with Gasteiger partial charge in [0.1, 0.15) is 11.8 Å². The molecule has 0 unspecified atom stereocenters. The fourth-order valence-corrected chi connectivity index (χ4v) is 3.05. The quantitative estimate of drug-likeness (QED) is 0.389. The van der Waals surface area contributed by atoms with Crippen molar-refractivity contribution in [1.29, 1.82) is 0 Å². The van der Waals surface area contributed by atoms with E-state index in [1.165, 1.54) is 12.3 Å². The van der Waals surface area contributed by atoms with Crippen molar-refractivity contribution in [3.8, 4) is 11.3 Å². The number of carbonyl (C=O) groups is 2. The van der Waals surface area contributed by atoms with E-state index in [2.05, 4.69) is 15.6 Å². The molecule has 0 spiro atoms. The average Bonchev–Trinajstić information content (AvgIpc) is 2.73. The van der Waals surface area contributed by atoms with E-state index in [0.29, 0.717) is 28.2 Å². The highest BCUT2D eigenvalue weighted by Gasteiger charge is 2.18. The van der Waals surface area contributed by atoms with Crippen molar-refractivity contribution in [2.24, 2.45) is 0 Å². The first kappa shape index (κ1) is 23.4. The lowest BCUT2D eigenvalue weighted by atomic mass is 10.0. The molecular formula is C24H24N4O5. The number of nitrogens with one attached hydrogen (secondary N) is 2. The van der Waals surface area contributed by atoms with Gasteiger partial charge in [-0.3, -0.25) is 20.2 Å². The number of benzene rings is 2. The van der Waals surface area contributed by atoms with Crippen molar-refractivity contribution < 1.29 is 19.2 Å². The molecule has 2 aromatic carbocycles. The second-order valence-electron chi connectivity index (χ2n) is 8.32. The maximum Gasteiger partial charge on any atom is 0.412 e. The SMILES string of the molecule is Cc1cc([N+](=O)[O-])cnc1-c1ccc(C(=O)Nc2ccccc2NC(=O)OC(C)(C)C)cc1. The monoisotopic (exact) mass is 448 g/mol. The zero-order valence-electron chi connectivity index (χ0n) is 18.7. The van der Waals surface area contributed by atoms with Gasteiger partial charge < -0.3 is 10.1 Å². The summed E-state index contributed by atoms with van der Waals surface area (Å²) in [6.45, 7) is 7.03. The van der Waals surface area contributed by atoms with Crippen LogP contribution in [0.15, 0.2) is 60.8 Å². The number of hydrogen-bond acceptors (Lipinski definition) is 6. The maximum atomic E-state index is 12.8. The number of amides is 2. The molecule has 9 nitrogen and oxygen atoms in total. The highest BCUT2D eigenvalue weighted by molar-refractivity contribution is 6.07. The highest BCUT2D eigenvalue weighted by Crippen LogP contribution is 2.26. The molecule has 0 saturated carbocycles. The predicted molar refractivity (Wildman–Crippen MR) is 125 cm³/mol. The van der Waals surface area contributed by atoms with E-state index >= 15 is 0 Å². The Morgan fingerprint density at radius 2 is 1.61 bits per heavy atom. The Balaban J connectivity index is 1.75. The molecule has 1 aromatic heterocycles. The van der Waals surface area contributed by atoms with Gasteiger partial charge in [-0.05, 0) is 57.5 Å². The molecule has 33 heavy (non-hydrogen) atoms. The molecule has 170 valence electrons. The molecule has 0 saturated heterocycles. The molecule has 9 heteroatoms. The summed E-state index contributed by atoms with van der Waals surface area (Å²) in [6.07, 6.45) is 0.580. The van der Waals surface area contributed by atoms with Crippen LogP contribution in [0.5, 0.6) is 0 Å². The number of anilines is 2. The number of hydrogen-bond donors (Lipinski definition) is 2. The van der Waals surface area contributed by atoms with Crippen LogP contribution in [0.3, 0.4) is 0 Å². The van der Waals surface area contributed by atoms with Gasteiger partial charge in [-0.15, -0.1) is 0 Å². The van der Waals surface area contributed by atoms with Crippen LogP contribution in [0.1, 0.15) is 36.7 Å². The van der Waals surface area contributed by atoms with Crippen molar-refractivity contribution in [1.82, 2.24) is 4.98 Å². The van der Waals surface area contributed by atoms with Crippen molar-refractivity contribution >= 4 is 29.1 Å². The van der Waals surface area contributed by atoms with Gasteiger partial charge in [-0.25, -0.2) is 9.78 Å². The highest BCUT2D eigenvalue weighted by atomic mass is 16.6. The van der Waals surface area contributed by atoms with Gasteiger partial charge in [-0.2, -0.15) is 0 Å². The Kier molecular flexibility index (Phi) is 6.72. The second kappa shape index (κ2) is 9.47. The third-order valence-corrected chi connectivity index (χ3v) is 4.51. The molecule has 0 atom stereocenters. The predicted octanol–water partition coefficient (Wildman–Crippen LogP) is 5.56. The maximum absolute atomic E-state index is 12.8. The zero-order valence-corrected chi connectivity index (χ0v) is 18.7. The van der Waals surface area contributed by atoms with Crippen LogP contribution in [0.2, 0.25) is 0 Å². The largest absolute Gasteiger partial charge is 0.444 e. The number of ether oxygens (including phenoxy) is 1.